The van der Waals surface area contributed by atoms with Gasteiger partial charge < -0.3 is 5.32 Å². The molecule has 1 aromatic rings. The third kappa shape index (κ3) is 4.47. The number of rotatable bonds is 6. The second kappa shape index (κ2) is 6.82. The van der Waals surface area contributed by atoms with Gasteiger partial charge in [-0.25, -0.2) is 8.42 Å². The first-order valence-corrected chi connectivity index (χ1v) is 9.67. The zero-order chi connectivity index (χ0) is 15.3. The fraction of sp³-hybridized carbons (Fsp3) is 0.533. The summed E-state index contributed by atoms with van der Waals surface area (Å²) >= 11 is 1.96. The Kier molecular flexibility index (Phi) is 5.31. The van der Waals surface area contributed by atoms with E-state index >= 15 is 0 Å². The van der Waals surface area contributed by atoms with E-state index in [9.17, 15) is 8.42 Å². The van der Waals surface area contributed by atoms with Gasteiger partial charge in [0.15, 0.2) is 9.84 Å². The van der Waals surface area contributed by atoms with Gasteiger partial charge in [0.25, 0.3) is 0 Å². The number of hydrogen-bond donors (Lipinski definition) is 1. The van der Waals surface area contributed by atoms with Crippen molar-refractivity contribution in [2.45, 2.75) is 29.4 Å². The van der Waals surface area contributed by atoms with E-state index in [1.165, 1.54) is 42.9 Å². The van der Waals surface area contributed by atoms with Gasteiger partial charge in [-0.2, -0.15) is 17.0 Å². The Morgan fingerprint density at radius 2 is 2.10 bits per heavy atom. The van der Waals surface area contributed by atoms with E-state index in [2.05, 4.69) is 12.2 Å². The molecule has 0 spiro atoms. The number of thioether (sulfide) groups is 1. The Balaban J connectivity index is 1.85. The average molecular weight is 324 g/mol. The van der Waals surface area contributed by atoms with Crippen LogP contribution in [0.15, 0.2) is 29.2 Å². The summed E-state index contributed by atoms with van der Waals surface area (Å²) in [5, 5.41) is 12.0. The van der Waals surface area contributed by atoms with Crippen molar-refractivity contribution in [3.63, 3.8) is 0 Å². The van der Waals surface area contributed by atoms with Gasteiger partial charge in [-0.1, -0.05) is 0 Å². The molecule has 1 unspecified atom stereocenters. The van der Waals surface area contributed by atoms with Crippen LogP contribution in [0.1, 0.15) is 25.3 Å². The van der Waals surface area contributed by atoms with Crippen molar-refractivity contribution in [3.8, 4) is 6.07 Å². The van der Waals surface area contributed by atoms with E-state index in [4.69, 9.17) is 5.26 Å². The van der Waals surface area contributed by atoms with Crippen molar-refractivity contribution in [2.75, 3.05) is 24.6 Å². The third-order valence-corrected chi connectivity index (χ3v) is 6.96. The smallest absolute Gasteiger partial charge is 0.179 e. The highest BCUT2D eigenvalue weighted by Crippen LogP contribution is 2.36. The predicted molar refractivity (Wildman–Crippen MR) is 86.2 cm³/mol. The van der Waals surface area contributed by atoms with E-state index < -0.39 is 9.84 Å². The van der Waals surface area contributed by atoms with Crippen LogP contribution in [0, 0.1) is 11.3 Å². The lowest BCUT2D eigenvalue weighted by Crippen LogP contribution is -2.35. The molecule has 4 nitrogen and oxygen atoms in total. The molecule has 0 aromatic heterocycles. The molecule has 6 heteroatoms. The van der Waals surface area contributed by atoms with Gasteiger partial charge in [-0.3, -0.25) is 0 Å². The zero-order valence-corrected chi connectivity index (χ0v) is 13.8. The number of sulfone groups is 1. The van der Waals surface area contributed by atoms with Gasteiger partial charge >= 0.3 is 0 Å². The van der Waals surface area contributed by atoms with Crippen LogP contribution in [0.3, 0.4) is 0 Å². The molecule has 0 bridgehead atoms. The van der Waals surface area contributed by atoms with Gasteiger partial charge in [-0.15, -0.1) is 0 Å². The van der Waals surface area contributed by atoms with E-state index in [1.807, 2.05) is 17.8 Å². The van der Waals surface area contributed by atoms with Crippen LogP contribution >= 0.6 is 11.8 Å². The molecule has 1 heterocycles. The third-order valence-electron chi connectivity index (χ3n) is 3.69. The molecular formula is C15H20N2O2S2. The topological polar surface area (TPSA) is 70.0 Å². The summed E-state index contributed by atoms with van der Waals surface area (Å²) in [7, 11) is -3.28. The molecule has 1 aliphatic rings. The second-order valence-corrected chi connectivity index (χ2v) is 9.33. The molecule has 1 saturated heterocycles. The van der Waals surface area contributed by atoms with Crippen LogP contribution in [-0.4, -0.2) is 37.8 Å². The summed E-state index contributed by atoms with van der Waals surface area (Å²) in [6.07, 6.45) is 2.43. The largest absolute Gasteiger partial charge is 0.314 e. The van der Waals surface area contributed by atoms with Crippen LogP contribution in [0.25, 0.3) is 0 Å². The number of hydrogen-bond acceptors (Lipinski definition) is 5. The van der Waals surface area contributed by atoms with Crippen molar-refractivity contribution in [1.82, 2.24) is 5.32 Å². The second-order valence-electron chi connectivity index (χ2n) is 5.53. The van der Waals surface area contributed by atoms with Gasteiger partial charge in [0.05, 0.1) is 22.3 Å². The molecule has 2 rings (SSSR count). The van der Waals surface area contributed by atoms with Crippen molar-refractivity contribution < 1.29 is 8.42 Å². The summed E-state index contributed by atoms with van der Waals surface area (Å²) in [6.45, 7) is 3.53. The van der Waals surface area contributed by atoms with Gasteiger partial charge in [0.1, 0.15) is 0 Å². The lowest BCUT2D eigenvalue weighted by Gasteiger charge is -2.22. The Labute approximate surface area is 130 Å². The van der Waals surface area contributed by atoms with E-state index in [-0.39, 0.29) is 15.4 Å². The van der Waals surface area contributed by atoms with Gasteiger partial charge in [0, 0.05) is 17.8 Å². The molecule has 1 atom stereocenters. The summed E-state index contributed by atoms with van der Waals surface area (Å²) < 4.78 is 24.6. The van der Waals surface area contributed by atoms with Crippen LogP contribution < -0.4 is 5.32 Å². The van der Waals surface area contributed by atoms with Gasteiger partial charge in [0.2, 0.25) is 0 Å². The summed E-state index contributed by atoms with van der Waals surface area (Å²) in [5.41, 5.74) is 0.471. The Bertz CT molecular complexity index is 612. The molecule has 0 aliphatic carbocycles. The predicted octanol–water partition coefficient (Wildman–Crippen LogP) is 2.21. The lowest BCUT2D eigenvalue weighted by molar-refractivity contribution is 0.543. The molecule has 21 heavy (non-hydrogen) atoms. The maximum atomic E-state index is 12.2. The number of nitrogens with zero attached hydrogens (tertiary/aromatic N) is 1. The highest BCUT2D eigenvalue weighted by atomic mass is 32.2. The molecule has 114 valence electrons. The van der Waals surface area contributed by atoms with Gasteiger partial charge in [-0.05, 0) is 49.8 Å². The fourth-order valence-corrected chi connectivity index (χ4v) is 4.86. The first-order valence-electron chi connectivity index (χ1n) is 7.03. The number of nitrogens with one attached hydrogen (secondary N) is 1. The molecule has 0 saturated carbocycles. The van der Waals surface area contributed by atoms with Crippen molar-refractivity contribution in [3.05, 3.63) is 29.8 Å². The Morgan fingerprint density at radius 3 is 2.67 bits per heavy atom. The first-order chi connectivity index (χ1) is 9.95. The summed E-state index contributed by atoms with van der Waals surface area (Å²) in [5.74, 6) is 1.28. The van der Waals surface area contributed by atoms with Crippen LogP contribution in [0.5, 0.6) is 0 Å². The molecule has 1 N–H and O–H groups in total. The Hall–Kier alpha value is -1.03. The summed E-state index contributed by atoms with van der Waals surface area (Å²) in [6, 6.07) is 8.06. The first kappa shape index (κ1) is 16.3. The molecular weight excluding hydrogens is 304 g/mol. The van der Waals surface area contributed by atoms with E-state index in [0.717, 1.165) is 6.54 Å². The number of benzene rings is 1. The minimum atomic E-state index is -3.28. The quantitative estimate of drug-likeness (QED) is 0.813. The number of nitriles is 1. The SMILES string of the molecule is CC1(CNCCS(=O)(=O)c2ccc(C#N)cc2)CCCS1. The van der Waals surface area contributed by atoms with Crippen molar-refractivity contribution in [1.29, 1.82) is 5.26 Å². The zero-order valence-electron chi connectivity index (χ0n) is 12.1. The maximum absolute atomic E-state index is 12.2. The maximum Gasteiger partial charge on any atom is 0.179 e. The van der Waals surface area contributed by atoms with Crippen LogP contribution in [-0.2, 0) is 9.84 Å². The molecule has 1 fully saturated rings. The van der Waals surface area contributed by atoms with Crippen molar-refractivity contribution >= 4 is 21.6 Å². The minimum Gasteiger partial charge on any atom is -0.314 e. The molecule has 0 amide bonds. The molecule has 1 aromatic carbocycles. The highest BCUT2D eigenvalue weighted by molar-refractivity contribution is 8.00. The van der Waals surface area contributed by atoms with Crippen LogP contribution in [0.4, 0.5) is 0 Å². The Morgan fingerprint density at radius 1 is 1.38 bits per heavy atom. The van der Waals surface area contributed by atoms with Crippen molar-refractivity contribution in [2.24, 2.45) is 0 Å². The lowest BCUT2D eigenvalue weighted by atomic mass is 10.1. The monoisotopic (exact) mass is 324 g/mol. The summed E-state index contributed by atoms with van der Waals surface area (Å²) in [4.78, 5) is 0.282. The minimum absolute atomic E-state index is 0.0830. The molecule has 1 aliphatic heterocycles. The average Bonchev–Trinajstić information content (AvgIpc) is 2.91. The fourth-order valence-electron chi connectivity index (χ4n) is 2.39. The highest BCUT2D eigenvalue weighted by Gasteiger charge is 2.28. The van der Waals surface area contributed by atoms with E-state index in [0.29, 0.717) is 12.1 Å². The molecule has 0 radical (unpaired) electrons. The van der Waals surface area contributed by atoms with E-state index in [1.54, 1.807) is 0 Å². The van der Waals surface area contributed by atoms with Crippen LogP contribution in [0.2, 0.25) is 0 Å². The normalized spacial score (nSPS) is 22.1. The standard InChI is InChI=1S/C15H20N2O2S2/c1-15(7-2-9-20-15)12-17-8-10-21(18,19)14-5-3-13(11-16)4-6-14/h3-6,17H,2,7-10,12H2,1H3.